The van der Waals surface area contributed by atoms with Gasteiger partial charge in [-0.25, -0.2) is 0 Å². The summed E-state index contributed by atoms with van der Waals surface area (Å²) < 4.78 is 5.48. The lowest BCUT2D eigenvalue weighted by molar-refractivity contribution is -0.143. The molecule has 0 heterocycles. The Kier molecular flexibility index (Phi) is 49.5. The molecule has 2 unspecified atom stereocenters. The van der Waals surface area contributed by atoms with Crippen LogP contribution < -0.4 is 5.32 Å². The van der Waals surface area contributed by atoms with Gasteiger partial charge < -0.3 is 20.3 Å². The van der Waals surface area contributed by atoms with Crippen molar-refractivity contribution >= 4 is 11.9 Å². The van der Waals surface area contributed by atoms with Gasteiger partial charge in [0.2, 0.25) is 5.91 Å². The van der Waals surface area contributed by atoms with Crippen molar-refractivity contribution in [2.75, 3.05) is 13.2 Å². The average Bonchev–Trinajstić information content (AvgIpc) is 3.25. The number of hydrogen-bond donors (Lipinski definition) is 3. The van der Waals surface area contributed by atoms with Gasteiger partial charge >= 0.3 is 5.97 Å². The summed E-state index contributed by atoms with van der Waals surface area (Å²) in [5.74, 6) is -0.0528. The Hall–Kier alpha value is -1.14. The van der Waals surface area contributed by atoms with Crippen LogP contribution in [0.25, 0.3) is 0 Å². The molecule has 0 bridgehead atoms. The van der Waals surface area contributed by atoms with Gasteiger partial charge in [0, 0.05) is 12.8 Å². The molecule has 0 rings (SSSR count). The monoisotopic (exact) mass is 850 g/mol. The number of amides is 1. The highest BCUT2D eigenvalue weighted by Crippen LogP contribution is 2.17. The van der Waals surface area contributed by atoms with E-state index in [1.807, 2.05) is 0 Å². The average molecular weight is 850 g/mol. The molecule has 0 radical (unpaired) electrons. The standard InChI is InChI=1S/C54H107NO5/c1-3-5-7-9-11-13-15-17-18-19-20-21-23-28-32-36-40-44-48-54(59)60-49-45-41-37-33-29-25-24-27-31-35-39-43-47-53(58)55-51(50-56)52(57)46-42-38-34-30-26-22-16-14-12-10-8-6-4-2/h51-52,56-57H,3-50H2,1-2H3,(H,55,58). The molecule has 1 amide bonds. The highest BCUT2D eigenvalue weighted by atomic mass is 16.5. The van der Waals surface area contributed by atoms with Gasteiger partial charge in [-0.05, 0) is 25.7 Å². The fourth-order valence-corrected chi connectivity index (χ4v) is 8.70. The lowest BCUT2D eigenvalue weighted by Gasteiger charge is -2.22. The number of unbranched alkanes of at least 4 members (excludes halogenated alkanes) is 40. The van der Waals surface area contributed by atoms with Crippen LogP contribution in [0.1, 0.15) is 309 Å². The quantitative estimate of drug-likeness (QED) is 0.0418. The van der Waals surface area contributed by atoms with Crippen LogP contribution in [0.3, 0.4) is 0 Å². The second-order valence-corrected chi connectivity index (χ2v) is 18.9. The molecule has 6 nitrogen and oxygen atoms in total. The number of carbonyl (C=O) groups excluding carboxylic acids is 2. The molecule has 0 aliphatic carbocycles. The smallest absolute Gasteiger partial charge is 0.305 e. The minimum atomic E-state index is -0.672. The molecule has 0 saturated carbocycles. The van der Waals surface area contributed by atoms with E-state index < -0.39 is 12.1 Å². The number of esters is 1. The second kappa shape index (κ2) is 50.5. The highest BCUT2D eigenvalue weighted by molar-refractivity contribution is 5.76. The van der Waals surface area contributed by atoms with Gasteiger partial charge in [-0.3, -0.25) is 9.59 Å². The van der Waals surface area contributed by atoms with E-state index in [2.05, 4.69) is 19.2 Å². The first-order valence-corrected chi connectivity index (χ1v) is 27.3. The first kappa shape index (κ1) is 58.9. The van der Waals surface area contributed by atoms with Crippen LogP contribution in [0.5, 0.6) is 0 Å². The van der Waals surface area contributed by atoms with E-state index in [0.29, 0.717) is 25.9 Å². The van der Waals surface area contributed by atoms with Crippen molar-refractivity contribution < 1.29 is 24.5 Å². The van der Waals surface area contributed by atoms with Crippen LogP contribution in [0.15, 0.2) is 0 Å². The van der Waals surface area contributed by atoms with Crippen LogP contribution in [-0.2, 0) is 14.3 Å². The molecular formula is C54H107NO5. The van der Waals surface area contributed by atoms with E-state index in [1.54, 1.807) is 0 Å². The number of rotatable bonds is 51. The molecule has 0 aromatic rings. The van der Waals surface area contributed by atoms with Crippen LogP contribution in [0.2, 0.25) is 0 Å². The van der Waals surface area contributed by atoms with Gasteiger partial charge in [-0.15, -0.1) is 0 Å². The molecule has 60 heavy (non-hydrogen) atoms. The third-order valence-electron chi connectivity index (χ3n) is 12.9. The zero-order chi connectivity index (χ0) is 43.7. The van der Waals surface area contributed by atoms with Gasteiger partial charge in [0.05, 0.1) is 25.4 Å². The van der Waals surface area contributed by atoms with Crippen molar-refractivity contribution in [1.29, 1.82) is 0 Å². The van der Waals surface area contributed by atoms with E-state index in [0.717, 1.165) is 57.8 Å². The zero-order valence-electron chi connectivity index (χ0n) is 40.7. The number of nitrogens with one attached hydrogen (secondary N) is 1. The fourth-order valence-electron chi connectivity index (χ4n) is 8.70. The van der Waals surface area contributed by atoms with E-state index in [-0.39, 0.29) is 18.5 Å². The Balaban J connectivity index is 3.41. The fraction of sp³-hybridized carbons (Fsp3) is 0.963. The number of ether oxygens (including phenoxy) is 1. The molecule has 0 aromatic heterocycles. The number of aliphatic hydroxyl groups excluding tert-OH is 2. The zero-order valence-corrected chi connectivity index (χ0v) is 40.7. The van der Waals surface area contributed by atoms with Crippen molar-refractivity contribution in [3.05, 3.63) is 0 Å². The molecule has 0 aliphatic rings. The van der Waals surface area contributed by atoms with Gasteiger partial charge in [-0.2, -0.15) is 0 Å². The highest BCUT2D eigenvalue weighted by Gasteiger charge is 2.20. The minimum absolute atomic E-state index is 0.00416. The lowest BCUT2D eigenvalue weighted by atomic mass is 10.0. The molecule has 2 atom stereocenters. The summed E-state index contributed by atoms with van der Waals surface area (Å²) in [6.07, 6.45) is 56.5. The van der Waals surface area contributed by atoms with Gasteiger partial charge in [0.25, 0.3) is 0 Å². The summed E-state index contributed by atoms with van der Waals surface area (Å²) in [6, 6.07) is -0.550. The van der Waals surface area contributed by atoms with Gasteiger partial charge in [-0.1, -0.05) is 271 Å². The summed E-state index contributed by atoms with van der Waals surface area (Å²) in [7, 11) is 0. The molecule has 0 fully saturated rings. The maximum Gasteiger partial charge on any atom is 0.305 e. The number of hydrogen-bond acceptors (Lipinski definition) is 5. The Morgan fingerprint density at radius 3 is 1.02 bits per heavy atom. The summed E-state index contributed by atoms with van der Waals surface area (Å²) in [5, 5.41) is 23.2. The maximum absolute atomic E-state index is 12.4. The van der Waals surface area contributed by atoms with Crippen molar-refractivity contribution in [3.63, 3.8) is 0 Å². The van der Waals surface area contributed by atoms with Crippen LogP contribution >= 0.6 is 0 Å². The normalized spacial score (nSPS) is 12.5. The van der Waals surface area contributed by atoms with Crippen molar-refractivity contribution in [2.24, 2.45) is 0 Å². The third kappa shape index (κ3) is 46.4. The largest absolute Gasteiger partial charge is 0.466 e. The van der Waals surface area contributed by atoms with E-state index >= 15 is 0 Å². The first-order valence-electron chi connectivity index (χ1n) is 27.3. The van der Waals surface area contributed by atoms with Gasteiger partial charge in [0.1, 0.15) is 0 Å². The molecular weight excluding hydrogens is 743 g/mol. The molecule has 0 aliphatic heterocycles. The minimum Gasteiger partial charge on any atom is -0.466 e. The predicted octanol–water partition coefficient (Wildman–Crippen LogP) is 16.4. The summed E-state index contributed by atoms with van der Waals surface area (Å²) in [6.45, 7) is 4.94. The molecule has 0 saturated heterocycles. The Bertz CT molecular complexity index is 852. The first-order chi connectivity index (χ1) is 29.5. The summed E-state index contributed by atoms with van der Waals surface area (Å²) in [4.78, 5) is 24.5. The van der Waals surface area contributed by atoms with Crippen molar-refractivity contribution in [3.8, 4) is 0 Å². The summed E-state index contributed by atoms with van der Waals surface area (Å²) in [5.41, 5.74) is 0. The third-order valence-corrected chi connectivity index (χ3v) is 12.9. The molecule has 0 aromatic carbocycles. The maximum atomic E-state index is 12.4. The topological polar surface area (TPSA) is 95.9 Å². The van der Waals surface area contributed by atoms with Crippen LogP contribution in [0, 0.1) is 0 Å². The van der Waals surface area contributed by atoms with Crippen LogP contribution in [0.4, 0.5) is 0 Å². The summed E-state index contributed by atoms with van der Waals surface area (Å²) >= 11 is 0. The Labute approximate surface area is 375 Å². The van der Waals surface area contributed by atoms with Crippen molar-refractivity contribution in [2.45, 2.75) is 321 Å². The van der Waals surface area contributed by atoms with Crippen molar-refractivity contribution in [1.82, 2.24) is 5.32 Å². The second-order valence-electron chi connectivity index (χ2n) is 18.9. The van der Waals surface area contributed by atoms with E-state index in [1.165, 1.54) is 218 Å². The molecule has 358 valence electrons. The Morgan fingerprint density at radius 2 is 0.683 bits per heavy atom. The molecule has 6 heteroatoms. The number of aliphatic hydroxyl groups is 2. The lowest BCUT2D eigenvalue weighted by Crippen LogP contribution is -2.45. The SMILES string of the molecule is CCCCCCCCCCCCCCCCCCCCC(=O)OCCCCCCCCCCCCCCC(=O)NC(CO)C(O)CCCCCCCCCCCCCCC. The predicted molar refractivity (Wildman–Crippen MR) is 260 cm³/mol. The Morgan fingerprint density at radius 1 is 0.400 bits per heavy atom. The van der Waals surface area contributed by atoms with Gasteiger partial charge in [0.15, 0.2) is 0 Å². The van der Waals surface area contributed by atoms with E-state index in [9.17, 15) is 19.8 Å². The molecule has 0 spiro atoms. The van der Waals surface area contributed by atoms with E-state index in [4.69, 9.17) is 4.74 Å². The number of carbonyl (C=O) groups is 2. The van der Waals surface area contributed by atoms with Crippen LogP contribution in [-0.4, -0.2) is 47.4 Å². The molecule has 3 N–H and O–H groups in total.